The number of nitrogens with one attached hydrogen (secondary N) is 1. The SMILES string of the molecule is CNC(CCc1ccc(C)c(C)c1)c1ccccc1. The maximum Gasteiger partial charge on any atom is 0.0320 e. The summed E-state index contributed by atoms with van der Waals surface area (Å²) in [7, 11) is 2.04. The summed E-state index contributed by atoms with van der Waals surface area (Å²) in [5.74, 6) is 0. The summed E-state index contributed by atoms with van der Waals surface area (Å²) in [6.45, 7) is 4.35. The second-order valence-electron chi connectivity index (χ2n) is 5.21. The molecule has 0 spiro atoms. The number of rotatable bonds is 5. The van der Waals surface area contributed by atoms with Crippen molar-refractivity contribution in [2.45, 2.75) is 32.7 Å². The maximum atomic E-state index is 3.41. The van der Waals surface area contributed by atoms with E-state index in [9.17, 15) is 0 Å². The van der Waals surface area contributed by atoms with Crippen molar-refractivity contribution in [3.8, 4) is 0 Å². The fourth-order valence-corrected chi connectivity index (χ4v) is 2.43. The van der Waals surface area contributed by atoms with Gasteiger partial charge in [-0.05, 0) is 56.0 Å². The molecule has 1 atom stereocenters. The zero-order valence-corrected chi connectivity index (χ0v) is 12.1. The number of benzene rings is 2. The van der Waals surface area contributed by atoms with Crippen LogP contribution in [0.3, 0.4) is 0 Å². The van der Waals surface area contributed by atoms with Crippen LogP contribution < -0.4 is 5.32 Å². The second kappa shape index (κ2) is 6.53. The lowest BCUT2D eigenvalue weighted by atomic mass is 9.97. The molecule has 1 nitrogen and oxygen atoms in total. The average molecular weight is 253 g/mol. The monoisotopic (exact) mass is 253 g/mol. The third kappa shape index (κ3) is 3.68. The minimum atomic E-state index is 0.433. The summed E-state index contributed by atoms with van der Waals surface area (Å²) in [5.41, 5.74) is 5.56. The van der Waals surface area contributed by atoms with Crippen molar-refractivity contribution < 1.29 is 0 Å². The van der Waals surface area contributed by atoms with Gasteiger partial charge in [-0.1, -0.05) is 48.5 Å². The molecule has 1 heteroatoms. The number of hydrogen-bond acceptors (Lipinski definition) is 1. The Morgan fingerprint density at radius 3 is 2.32 bits per heavy atom. The summed E-state index contributed by atoms with van der Waals surface area (Å²) in [6, 6.07) is 17.9. The highest BCUT2D eigenvalue weighted by molar-refractivity contribution is 5.30. The van der Waals surface area contributed by atoms with Gasteiger partial charge < -0.3 is 5.32 Å². The van der Waals surface area contributed by atoms with Crippen LogP contribution in [-0.2, 0) is 6.42 Å². The molecule has 0 heterocycles. The molecular formula is C18H23N. The highest BCUT2D eigenvalue weighted by Crippen LogP contribution is 2.19. The van der Waals surface area contributed by atoms with Crippen molar-refractivity contribution in [2.75, 3.05) is 7.05 Å². The average Bonchev–Trinajstić information content (AvgIpc) is 2.44. The highest BCUT2D eigenvalue weighted by atomic mass is 14.9. The molecule has 1 unspecified atom stereocenters. The van der Waals surface area contributed by atoms with Crippen LogP contribution in [0.4, 0.5) is 0 Å². The zero-order chi connectivity index (χ0) is 13.7. The quantitative estimate of drug-likeness (QED) is 0.842. The van der Waals surface area contributed by atoms with Crippen LogP contribution in [0.2, 0.25) is 0 Å². The Kier molecular flexibility index (Phi) is 4.75. The third-order valence-electron chi connectivity index (χ3n) is 3.84. The van der Waals surface area contributed by atoms with Gasteiger partial charge in [-0.25, -0.2) is 0 Å². The van der Waals surface area contributed by atoms with Crippen LogP contribution >= 0.6 is 0 Å². The van der Waals surface area contributed by atoms with Gasteiger partial charge in [0.15, 0.2) is 0 Å². The van der Waals surface area contributed by atoms with Crippen LogP contribution in [0.25, 0.3) is 0 Å². The fourth-order valence-electron chi connectivity index (χ4n) is 2.43. The standard InChI is InChI=1S/C18H23N/c1-14-9-10-16(13-15(14)2)11-12-18(19-3)17-7-5-4-6-8-17/h4-10,13,18-19H,11-12H2,1-3H3. The first-order chi connectivity index (χ1) is 9.20. The number of aryl methyl sites for hydroxylation is 3. The Balaban J connectivity index is 2.02. The lowest BCUT2D eigenvalue weighted by Gasteiger charge is -2.17. The van der Waals surface area contributed by atoms with Crippen molar-refractivity contribution in [1.82, 2.24) is 5.32 Å². The molecule has 0 fully saturated rings. The molecule has 2 aromatic carbocycles. The lowest BCUT2D eigenvalue weighted by molar-refractivity contribution is 0.549. The van der Waals surface area contributed by atoms with Gasteiger partial charge in [0.1, 0.15) is 0 Å². The molecule has 0 saturated heterocycles. The molecule has 0 saturated carbocycles. The Morgan fingerprint density at radius 1 is 0.947 bits per heavy atom. The van der Waals surface area contributed by atoms with E-state index in [0.717, 1.165) is 12.8 Å². The fraction of sp³-hybridized carbons (Fsp3) is 0.333. The summed E-state index contributed by atoms with van der Waals surface area (Å²) >= 11 is 0. The zero-order valence-electron chi connectivity index (χ0n) is 12.1. The largest absolute Gasteiger partial charge is 0.313 e. The molecule has 0 aliphatic rings. The van der Waals surface area contributed by atoms with Gasteiger partial charge in [-0.2, -0.15) is 0 Å². The van der Waals surface area contributed by atoms with Crippen molar-refractivity contribution in [3.05, 3.63) is 70.8 Å². The van der Waals surface area contributed by atoms with Gasteiger partial charge in [0.2, 0.25) is 0 Å². The predicted octanol–water partition coefficient (Wildman–Crippen LogP) is 4.20. The Labute approximate surface area is 116 Å². The van der Waals surface area contributed by atoms with E-state index in [0.29, 0.717) is 6.04 Å². The first-order valence-corrected chi connectivity index (χ1v) is 6.99. The van der Waals surface area contributed by atoms with Crippen molar-refractivity contribution in [3.63, 3.8) is 0 Å². The minimum absolute atomic E-state index is 0.433. The van der Waals surface area contributed by atoms with E-state index < -0.39 is 0 Å². The van der Waals surface area contributed by atoms with Crippen molar-refractivity contribution >= 4 is 0 Å². The summed E-state index contributed by atoms with van der Waals surface area (Å²) in [6.07, 6.45) is 2.24. The summed E-state index contributed by atoms with van der Waals surface area (Å²) in [5, 5.41) is 3.41. The van der Waals surface area contributed by atoms with Gasteiger partial charge in [0.05, 0.1) is 0 Å². The van der Waals surface area contributed by atoms with Gasteiger partial charge in [-0.15, -0.1) is 0 Å². The molecule has 0 bridgehead atoms. The molecule has 1 N–H and O–H groups in total. The molecule has 0 aromatic heterocycles. The predicted molar refractivity (Wildman–Crippen MR) is 82.5 cm³/mol. The Morgan fingerprint density at radius 2 is 1.68 bits per heavy atom. The lowest BCUT2D eigenvalue weighted by Crippen LogP contribution is -2.17. The van der Waals surface area contributed by atoms with E-state index >= 15 is 0 Å². The Bertz CT molecular complexity index is 516. The molecule has 19 heavy (non-hydrogen) atoms. The molecule has 0 radical (unpaired) electrons. The van der Waals surface area contributed by atoms with Crippen LogP contribution in [-0.4, -0.2) is 7.05 Å². The highest BCUT2D eigenvalue weighted by Gasteiger charge is 2.08. The molecule has 2 rings (SSSR count). The van der Waals surface area contributed by atoms with E-state index in [-0.39, 0.29) is 0 Å². The normalized spacial score (nSPS) is 12.4. The first-order valence-electron chi connectivity index (χ1n) is 6.99. The third-order valence-corrected chi connectivity index (χ3v) is 3.84. The van der Waals surface area contributed by atoms with Crippen molar-refractivity contribution in [2.24, 2.45) is 0 Å². The summed E-state index contributed by atoms with van der Waals surface area (Å²) < 4.78 is 0. The van der Waals surface area contributed by atoms with Gasteiger partial charge in [-0.3, -0.25) is 0 Å². The van der Waals surface area contributed by atoms with Gasteiger partial charge in [0.25, 0.3) is 0 Å². The smallest absolute Gasteiger partial charge is 0.0320 e. The van der Waals surface area contributed by atoms with Crippen molar-refractivity contribution in [1.29, 1.82) is 0 Å². The first kappa shape index (κ1) is 13.8. The molecule has 2 aromatic rings. The van der Waals surface area contributed by atoms with Crippen LogP contribution in [0, 0.1) is 13.8 Å². The molecular weight excluding hydrogens is 230 g/mol. The molecule has 0 amide bonds. The van der Waals surface area contributed by atoms with E-state index in [1.54, 1.807) is 0 Å². The summed E-state index contributed by atoms with van der Waals surface area (Å²) in [4.78, 5) is 0. The number of hydrogen-bond donors (Lipinski definition) is 1. The molecule has 0 aliphatic heterocycles. The topological polar surface area (TPSA) is 12.0 Å². The van der Waals surface area contributed by atoms with E-state index in [1.807, 2.05) is 7.05 Å². The van der Waals surface area contributed by atoms with E-state index in [2.05, 4.69) is 67.7 Å². The molecule has 100 valence electrons. The van der Waals surface area contributed by atoms with Gasteiger partial charge in [0, 0.05) is 6.04 Å². The Hall–Kier alpha value is -1.60. The minimum Gasteiger partial charge on any atom is -0.313 e. The maximum absolute atomic E-state index is 3.41. The van der Waals surface area contributed by atoms with Crippen LogP contribution in [0.5, 0.6) is 0 Å². The van der Waals surface area contributed by atoms with Gasteiger partial charge >= 0.3 is 0 Å². The molecule has 0 aliphatic carbocycles. The second-order valence-corrected chi connectivity index (χ2v) is 5.21. The van der Waals surface area contributed by atoms with Crippen LogP contribution in [0.15, 0.2) is 48.5 Å². The van der Waals surface area contributed by atoms with Crippen LogP contribution in [0.1, 0.15) is 34.7 Å². The van der Waals surface area contributed by atoms with E-state index in [4.69, 9.17) is 0 Å². The van der Waals surface area contributed by atoms with E-state index in [1.165, 1.54) is 22.3 Å².